The fourth-order valence-electron chi connectivity index (χ4n) is 3.27. The first-order valence-electron chi connectivity index (χ1n) is 9.53. The maximum atomic E-state index is 12.6. The quantitative estimate of drug-likeness (QED) is 0.348. The second-order valence-corrected chi connectivity index (χ2v) is 10.2. The number of guanidine groups is 1. The molecule has 2 aliphatic rings. The largest absolute Gasteiger partial charge is 0.378 e. The minimum Gasteiger partial charge on any atom is -0.378 e. The van der Waals surface area contributed by atoms with Crippen LogP contribution in [0.5, 0.6) is 0 Å². The number of aliphatic imine (C=N–C) groups is 1. The van der Waals surface area contributed by atoms with Crippen molar-refractivity contribution >= 4 is 46.6 Å². The van der Waals surface area contributed by atoms with Crippen LogP contribution in [-0.4, -0.2) is 89.4 Å². The number of piperidine rings is 1. The van der Waals surface area contributed by atoms with E-state index in [1.54, 1.807) is 7.05 Å². The Morgan fingerprint density at radius 1 is 1.15 bits per heavy atom. The summed E-state index contributed by atoms with van der Waals surface area (Å²) < 4.78 is 17.3. The number of nitrogens with zero attached hydrogens (tertiary/aromatic N) is 3. The van der Waals surface area contributed by atoms with Crippen molar-refractivity contribution in [2.24, 2.45) is 10.9 Å². The van der Waals surface area contributed by atoms with Gasteiger partial charge in [0.05, 0.1) is 13.2 Å². The monoisotopic (exact) mass is 514 g/mol. The molecule has 2 fully saturated rings. The average molecular weight is 514 g/mol. The van der Waals surface area contributed by atoms with Gasteiger partial charge in [-0.25, -0.2) is 0 Å². The van der Waals surface area contributed by atoms with E-state index >= 15 is 0 Å². The molecule has 2 aliphatic heterocycles. The Kier molecular flexibility index (Phi) is 10.5. The molecule has 0 bridgehead atoms. The van der Waals surface area contributed by atoms with E-state index < -0.39 is 10.8 Å². The summed E-state index contributed by atoms with van der Waals surface area (Å²) >= 11 is 0. The third kappa shape index (κ3) is 7.49. The highest BCUT2D eigenvalue weighted by atomic mass is 127. The van der Waals surface area contributed by atoms with E-state index in [0.29, 0.717) is 38.6 Å². The van der Waals surface area contributed by atoms with Crippen molar-refractivity contribution in [1.29, 1.82) is 0 Å². The number of rotatable bonds is 4. The smallest absolute Gasteiger partial charge is 0.225 e. The molecule has 1 atom stereocenters. The number of ether oxygens (including phenoxy) is 1. The number of halogens is 1. The Labute approximate surface area is 183 Å². The molecular formula is C18H35IN4O3S. The molecule has 2 rings (SSSR count). The number of hydrogen-bond acceptors (Lipinski definition) is 4. The van der Waals surface area contributed by atoms with Gasteiger partial charge in [-0.15, -0.1) is 24.0 Å². The fraction of sp³-hybridized carbons (Fsp3) is 0.889. The van der Waals surface area contributed by atoms with Crippen LogP contribution < -0.4 is 5.32 Å². The first-order valence-corrected chi connectivity index (χ1v) is 10.9. The predicted octanol–water partition coefficient (Wildman–Crippen LogP) is 1.30. The Morgan fingerprint density at radius 2 is 1.74 bits per heavy atom. The second kappa shape index (κ2) is 11.5. The normalized spacial score (nSPS) is 20.8. The Hall–Kier alpha value is -0.420. The van der Waals surface area contributed by atoms with Crippen LogP contribution in [0.2, 0.25) is 0 Å². The van der Waals surface area contributed by atoms with Crippen molar-refractivity contribution < 1.29 is 13.7 Å². The third-order valence-corrected chi connectivity index (χ3v) is 6.87. The molecule has 1 amide bonds. The van der Waals surface area contributed by atoms with Crippen LogP contribution in [0.25, 0.3) is 0 Å². The third-order valence-electron chi connectivity index (χ3n) is 4.93. The lowest BCUT2D eigenvalue weighted by Crippen LogP contribution is -2.50. The molecule has 0 aliphatic carbocycles. The highest BCUT2D eigenvalue weighted by Gasteiger charge is 2.30. The van der Waals surface area contributed by atoms with E-state index in [1.807, 2.05) is 25.7 Å². The number of nitrogens with one attached hydrogen (secondary N) is 1. The van der Waals surface area contributed by atoms with Gasteiger partial charge in [0, 0.05) is 67.0 Å². The van der Waals surface area contributed by atoms with Crippen LogP contribution >= 0.6 is 24.0 Å². The Bertz CT molecular complexity index is 525. The van der Waals surface area contributed by atoms with Gasteiger partial charge in [0.15, 0.2) is 5.96 Å². The van der Waals surface area contributed by atoms with E-state index in [4.69, 9.17) is 4.74 Å². The van der Waals surface area contributed by atoms with E-state index in [0.717, 1.165) is 31.9 Å². The summed E-state index contributed by atoms with van der Waals surface area (Å²) in [4.78, 5) is 21.1. The lowest BCUT2D eigenvalue weighted by atomic mass is 9.95. The highest BCUT2D eigenvalue weighted by Crippen LogP contribution is 2.20. The summed E-state index contributed by atoms with van der Waals surface area (Å²) in [5, 5.41) is 3.32. The molecule has 9 heteroatoms. The number of morpholine rings is 1. The molecule has 7 nitrogen and oxygen atoms in total. The predicted molar refractivity (Wildman–Crippen MR) is 121 cm³/mol. The summed E-state index contributed by atoms with van der Waals surface area (Å²) in [5.74, 6) is 1.83. The highest BCUT2D eigenvalue weighted by molar-refractivity contribution is 14.0. The summed E-state index contributed by atoms with van der Waals surface area (Å²) in [5.41, 5.74) is 0. The second-order valence-electron chi connectivity index (χ2n) is 7.83. The molecule has 2 saturated heterocycles. The molecule has 158 valence electrons. The number of carbonyl (C=O) groups is 1. The first kappa shape index (κ1) is 24.6. The van der Waals surface area contributed by atoms with Crippen LogP contribution in [0.4, 0.5) is 0 Å². The fourth-order valence-corrected chi connectivity index (χ4v) is 4.17. The van der Waals surface area contributed by atoms with Crippen LogP contribution in [0.15, 0.2) is 4.99 Å². The van der Waals surface area contributed by atoms with Crippen LogP contribution in [-0.2, 0) is 20.3 Å². The van der Waals surface area contributed by atoms with Crippen LogP contribution in [0.3, 0.4) is 0 Å². The molecule has 0 aromatic rings. The zero-order chi connectivity index (χ0) is 19.2. The molecule has 1 N–H and O–H groups in total. The Morgan fingerprint density at radius 3 is 2.26 bits per heavy atom. The van der Waals surface area contributed by atoms with Crippen molar-refractivity contribution in [1.82, 2.24) is 15.1 Å². The van der Waals surface area contributed by atoms with E-state index in [2.05, 4.69) is 15.2 Å². The molecule has 0 saturated carbocycles. The topological polar surface area (TPSA) is 74.2 Å². The van der Waals surface area contributed by atoms with Crippen LogP contribution in [0, 0.1) is 5.92 Å². The van der Waals surface area contributed by atoms with Gasteiger partial charge in [-0.05, 0) is 33.6 Å². The number of carbonyl (C=O) groups excluding carboxylic acids is 1. The van der Waals surface area contributed by atoms with Crippen molar-refractivity contribution in [3.05, 3.63) is 0 Å². The molecule has 0 aromatic carbocycles. The molecule has 1 unspecified atom stereocenters. The maximum absolute atomic E-state index is 12.6. The van der Waals surface area contributed by atoms with Gasteiger partial charge in [-0.1, -0.05) is 0 Å². The SMILES string of the molecule is CN=C(NCCS(=O)C(C)(C)C)N1CCC(C(=O)N2CCOCC2)CC1.I. The number of likely N-dealkylation sites (tertiary alicyclic amines) is 1. The molecule has 2 heterocycles. The molecule has 0 radical (unpaired) electrons. The average Bonchev–Trinajstić information content (AvgIpc) is 2.64. The summed E-state index contributed by atoms with van der Waals surface area (Å²) in [6, 6.07) is 0. The van der Waals surface area contributed by atoms with Gasteiger partial charge >= 0.3 is 0 Å². The number of hydrogen-bond donors (Lipinski definition) is 1. The van der Waals surface area contributed by atoms with Crippen molar-refractivity contribution in [2.75, 3.05) is 58.7 Å². The summed E-state index contributed by atoms with van der Waals surface area (Å²) in [7, 11) is 0.900. The first-order chi connectivity index (χ1) is 12.3. The van der Waals surface area contributed by atoms with Gasteiger partial charge in [-0.2, -0.15) is 0 Å². The minimum atomic E-state index is -0.872. The van der Waals surface area contributed by atoms with E-state index in [1.165, 1.54) is 0 Å². The lowest BCUT2D eigenvalue weighted by Gasteiger charge is -2.36. The van der Waals surface area contributed by atoms with E-state index in [9.17, 15) is 9.00 Å². The zero-order valence-electron chi connectivity index (χ0n) is 17.0. The van der Waals surface area contributed by atoms with Crippen molar-refractivity contribution in [2.45, 2.75) is 38.4 Å². The summed E-state index contributed by atoms with van der Waals surface area (Å²) in [6.07, 6.45) is 1.70. The molecular weight excluding hydrogens is 479 g/mol. The lowest BCUT2D eigenvalue weighted by molar-refractivity contribution is -0.140. The van der Waals surface area contributed by atoms with Crippen molar-refractivity contribution in [3.8, 4) is 0 Å². The van der Waals surface area contributed by atoms with E-state index in [-0.39, 0.29) is 40.5 Å². The minimum absolute atomic E-state index is 0. The standard InChI is InChI=1S/C18H34N4O3S.HI/c1-18(2,3)26(24)14-7-20-17(19-4)22-8-5-15(6-9-22)16(23)21-10-12-25-13-11-21;/h15H,5-14H2,1-4H3,(H,19,20);1H. The molecule has 27 heavy (non-hydrogen) atoms. The Balaban J connectivity index is 0.00000364. The molecule has 0 spiro atoms. The number of amides is 1. The zero-order valence-corrected chi connectivity index (χ0v) is 20.2. The van der Waals surface area contributed by atoms with Gasteiger partial charge in [0.1, 0.15) is 0 Å². The van der Waals surface area contributed by atoms with Crippen LogP contribution in [0.1, 0.15) is 33.6 Å². The van der Waals surface area contributed by atoms with Gasteiger partial charge < -0.3 is 19.9 Å². The maximum Gasteiger partial charge on any atom is 0.225 e. The van der Waals surface area contributed by atoms with Crippen molar-refractivity contribution in [3.63, 3.8) is 0 Å². The van der Waals surface area contributed by atoms with Gasteiger partial charge in [0.25, 0.3) is 0 Å². The molecule has 0 aromatic heterocycles. The van der Waals surface area contributed by atoms with Gasteiger partial charge in [0.2, 0.25) is 5.91 Å². The van der Waals surface area contributed by atoms with Gasteiger partial charge in [-0.3, -0.25) is 14.0 Å². The summed E-state index contributed by atoms with van der Waals surface area (Å²) in [6.45, 7) is 11.0.